The highest BCUT2D eigenvalue weighted by atomic mass is 16.5. The summed E-state index contributed by atoms with van der Waals surface area (Å²) in [6.07, 6.45) is -0.590. The summed E-state index contributed by atoms with van der Waals surface area (Å²) >= 11 is 0. The van der Waals surface area contributed by atoms with E-state index in [0.29, 0.717) is 18.7 Å². The fourth-order valence-corrected chi connectivity index (χ4v) is 2.37. The number of para-hydroxylation sites is 1. The number of aliphatic hydroxyl groups excluding tert-OH is 1. The van der Waals surface area contributed by atoms with E-state index in [0.717, 1.165) is 16.9 Å². The summed E-state index contributed by atoms with van der Waals surface area (Å²) in [4.78, 5) is 2.04. The summed E-state index contributed by atoms with van der Waals surface area (Å²) in [5.74, 6) is 0.849. The lowest BCUT2D eigenvalue weighted by Gasteiger charge is -2.21. The molecular weight excluding hydrogens is 276 g/mol. The van der Waals surface area contributed by atoms with E-state index in [9.17, 15) is 5.11 Å². The van der Waals surface area contributed by atoms with Gasteiger partial charge < -0.3 is 9.84 Å². The lowest BCUT2D eigenvalue weighted by Crippen LogP contribution is -2.24. The van der Waals surface area contributed by atoms with Crippen molar-refractivity contribution in [2.45, 2.75) is 12.6 Å². The molecule has 4 heteroatoms. The molecule has 0 heterocycles. The number of nitriles is 1. The van der Waals surface area contributed by atoms with Crippen molar-refractivity contribution in [3.63, 3.8) is 0 Å². The topological polar surface area (TPSA) is 56.5 Å². The third-order valence-electron chi connectivity index (χ3n) is 3.54. The van der Waals surface area contributed by atoms with Crippen LogP contribution < -0.4 is 4.74 Å². The molecule has 2 aromatic rings. The summed E-state index contributed by atoms with van der Waals surface area (Å²) in [6, 6.07) is 17.0. The second kappa shape index (κ2) is 7.60. The van der Waals surface area contributed by atoms with E-state index < -0.39 is 6.10 Å². The maximum Gasteiger partial charge on any atom is 0.123 e. The SMILES string of the molecule is COc1ccccc1CN(C)CC(O)c1ccc(C#N)cc1. The Morgan fingerprint density at radius 2 is 1.86 bits per heavy atom. The summed E-state index contributed by atoms with van der Waals surface area (Å²) in [5.41, 5.74) is 2.49. The first-order valence-electron chi connectivity index (χ1n) is 7.12. The average molecular weight is 296 g/mol. The monoisotopic (exact) mass is 296 g/mol. The van der Waals surface area contributed by atoms with Crippen molar-refractivity contribution in [1.29, 1.82) is 5.26 Å². The van der Waals surface area contributed by atoms with Gasteiger partial charge in [-0.2, -0.15) is 5.26 Å². The Morgan fingerprint density at radius 3 is 2.50 bits per heavy atom. The van der Waals surface area contributed by atoms with Crippen LogP contribution >= 0.6 is 0 Å². The minimum atomic E-state index is -0.590. The molecule has 22 heavy (non-hydrogen) atoms. The molecule has 0 radical (unpaired) electrons. The molecule has 1 unspecified atom stereocenters. The first kappa shape index (κ1) is 16.0. The second-order valence-electron chi connectivity index (χ2n) is 5.26. The van der Waals surface area contributed by atoms with Gasteiger partial charge in [0, 0.05) is 18.7 Å². The van der Waals surface area contributed by atoms with Gasteiger partial charge in [-0.25, -0.2) is 0 Å². The van der Waals surface area contributed by atoms with Crippen LogP contribution in [0, 0.1) is 11.3 Å². The number of rotatable bonds is 6. The Kier molecular flexibility index (Phi) is 5.54. The van der Waals surface area contributed by atoms with Crippen LogP contribution in [0.1, 0.15) is 22.8 Å². The number of aliphatic hydroxyl groups is 1. The first-order chi connectivity index (χ1) is 10.6. The Morgan fingerprint density at radius 1 is 1.18 bits per heavy atom. The van der Waals surface area contributed by atoms with Gasteiger partial charge in [-0.15, -0.1) is 0 Å². The van der Waals surface area contributed by atoms with E-state index in [2.05, 4.69) is 6.07 Å². The van der Waals surface area contributed by atoms with E-state index in [4.69, 9.17) is 10.00 Å². The van der Waals surface area contributed by atoms with Gasteiger partial charge in [-0.3, -0.25) is 4.90 Å². The molecule has 1 atom stereocenters. The number of nitrogens with zero attached hydrogens (tertiary/aromatic N) is 2. The number of ether oxygens (including phenoxy) is 1. The summed E-state index contributed by atoms with van der Waals surface area (Å²) < 4.78 is 5.34. The zero-order chi connectivity index (χ0) is 15.9. The number of likely N-dealkylation sites (N-methyl/N-ethyl adjacent to an activating group) is 1. The van der Waals surface area contributed by atoms with Crippen LogP contribution in [0.5, 0.6) is 5.75 Å². The molecule has 0 fully saturated rings. The van der Waals surface area contributed by atoms with Gasteiger partial charge in [0.2, 0.25) is 0 Å². The quantitative estimate of drug-likeness (QED) is 0.890. The van der Waals surface area contributed by atoms with Gasteiger partial charge in [-0.1, -0.05) is 30.3 Å². The van der Waals surface area contributed by atoms with E-state index >= 15 is 0 Å². The lowest BCUT2D eigenvalue weighted by atomic mass is 10.1. The van der Waals surface area contributed by atoms with Gasteiger partial charge in [0.15, 0.2) is 0 Å². The van der Waals surface area contributed by atoms with Crippen molar-refractivity contribution in [2.24, 2.45) is 0 Å². The van der Waals surface area contributed by atoms with Crippen LogP contribution in [0.25, 0.3) is 0 Å². The van der Waals surface area contributed by atoms with Crippen molar-refractivity contribution in [1.82, 2.24) is 4.90 Å². The molecule has 0 spiro atoms. The highest BCUT2D eigenvalue weighted by molar-refractivity contribution is 5.34. The molecule has 0 bridgehead atoms. The van der Waals surface area contributed by atoms with Crippen LogP contribution in [-0.4, -0.2) is 30.7 Å². The Balaban J connectivity index is 1.98. The van der Waals surface area contributed by atoms with E-state index in [1.54, 1.807) is 31.4 Å². The predicted molar refractivity (Wildman–Crippen MR) is 85.4 cm³/mol. The van der Waals surface area contributed by atoms with Gasteiger partial charge in [-0.05, 0) is 30.8 Å². The highest BCUT2D eigenvalue weighted by Crippen LogP contribution is 2.20. The second-order valence-corrected chi connectivity index (χ2v) is 5.26. The van der Waals surface area contributed by atoms with Crippen LogP contribution in [0.15, 0.2) is 48.5 Å². The van der Waals surface area contributed by atoms with Crippen molar-refractivity contribution < 1.29 is 9.84 Å². The maximum absolute atomic E-state index is 10.3. The van der Waals surface area contributed by atoms with Gasteiger partial charge in [0.1, 0.15) is 5.75 Å². The van der Waals surface area contributed by atoms with Gasteiger partial charge in [0.25, 0.3) is 0 Å². The summed E-state index contributed by atoms with van der Waals surface area (Å²) in [6.45, 7) is 1.20. The molecule has 0 aromatic heterocycles. The molecule has 114 valence electrons. The molecule has 2 aromatic carbocycles. The minimum Gasteiger partial charge on any atom is -0.496 e. The van der Waals surface area contributed by atoms with E-state index in [-0.39, 0.29) is 0 Å². The fourth-order valence-electron chi connectivity index (χ4n) is 2.37. The van der Waals surface area contributed by atoms with Crippen LogP contribution in [0.3, 0.4) is 0 Å². The largest absolute Gasteiger partial charge is 0.496 e. The predicted octanol–water partition coefficient (Wildman–Crippen LogP) is 2.73. The summed E-state index contributed by atoms with van der Waals surface area (Å²) in [5, 5.41) is 19.1. The first-order valence-corrected chi connectivity index (χ1v) is 7.12. The smallest absolute Gasteiger partial charge is 0.123 e. The maximum atomic E-state index is 10.3. The molecule has 0 amide bonds. The zero-order valence-electron chi connectivity index (χ0n) is 12.9. The normalized spacial score (nSPS) is 12.0. The number of hydrogen-bond acceptors (Lipinski definition) is 4. The molecule has 1 N–H and O–H groups in total. The van der Waals surface area contributed by atoms with Crippen molar-refractivity contribution in [3.05, 3.63) is 65.2 Å². The standard InChI is InChI=1S/C18H20N2O2/c1-20(12-16-5-3-4-6-18(16)22-2)13-17(21)15-9-7-14(11-19)8-10-15/h3-10,17,21H,12-13H2,1-2H3. The van der Waals surface area contributed by atoms with Crippen LogP contribution in [0.2, 0.25) is 0 Å². The van der Waals surface area contributed by atoms with Crippen molar-refractivity contribution in [2.75, 3.05) is 20.7 Å². The Labute approximate surface area is 131 Å². The molecule has 0 aliphatic heterocycles. The molecule has 0 saturated carbocycles. The number of hydrogen-bond donors (Lipinski definition) is 1. The molecule has 4 nitrogen and oxygen atoms in total. The van der Waals surface area contributed by atoms with E-state index in [1.165, 1.54) is 0 Å². The Hall–Kier alpha value is -2.35. The lowest BCUT2D eigenvalue weighted by molar-refractivity contribution is 0.123. The third-order valence-corrected chi connectivity index (χ3v) is 3.54. The van der Waals surface area contributed by atoms with Crippen molar-refractivity contribution >= 4 is 0 Å². The van der Waals surface area contributed by atoms with Gasteiger partial charge in [0.05, 0.1) is 24.8 Å². The summed E-state index contributed by atoms with van der Waals surface area (Å²) in [7, 11) is 3.61. The molecule has 2 rings (SSSR count). The molecular formula is C18H20N2O2. The van der Waals surface area contributed by atoms with Gasteiger partial charge >= 0.3 is 0 Å². The molecule has 0 aliphatic rings. The molecule has 0 aliphatic carbocycles. The highest BCUT2D eigenvalue weighted by Gasteiger charge is 2.12. The number of benzene rings is 2. The van der Waals surface area contributed by atoms with Crippen molar-refractivity contribution in [3.8, 4) is 11.8 Å². The van der Waals surface area contributed by atoms with Crippen LogP contribution in [-0.2, 0) is 6.54 Å². The van der Waals surface area contributed by atoms with E-state index in [1.807, 2.05) is 36.2 Å². The Bertz CT molecular complexity index is 647. The third kappa shape index (κ3) is 4.08. The fraction of sp³-hybridized carbons (Fsp3) is 0.278. The number of methoxy groups -OCH3 is 1. The molecule has 0 saturated heterocycles. The zero-order valence-corrected chi connectivity index (χ0v) is 12.9. The average Bonchev–Trinajstić information content (AvgIpc) is 2.55. The van der Waals surface area contributed by atoms with Crippen LogP contribution in [0.4, 0.5) is 0 Å². The minimum absolute atomic E-state index is 0.504.